The maximum Gasteiger partial charge on any atom is 0.315 e. The van der Waals surface area contributed by atoms with E-state index in [0.717, 1.165) is 40.7 Å². The Morgan fingerprint density at radius 1 is 1.14 bits per heavy atom. The molecule has 1 saturated heterocycles. The summed E-state index contributed by atoms with van der Waals surface area (Å²) in [6, 6.07) is 6.91. The van der Waals surface area contributed by atoms with Crippen LogP contribution in [0, 0.1) is 0 Å². The third-order valence-corrected chi connectivity index (χ3v) is 7.86. The van der Waals surface area contributed by atoms with E-state index >= 15 is 0 Å². The summed E-state index contributed by atoms with van der Waals surface area (Å²) in [5.41, 5.74) is 0.925. The Labute approximate surface area is 169 Å². The van der Waals surface area contributed by atoms with E-state index in [-0.39, 0.29) is 16.8 Å². The minimum Gasteiger partial charge on any atom is -0.357 e. The maximum atomic E-state index is 12.1. The lowest BCUT2D eigenvalue weighted by Crippen LogP contribution is -2.34. The van der Waals surface area contributed by atoms with E-state index < -0.39 is 10.0 Å². The Balaban J connectivity index is 1.45. The monoisotopic (exact) mass is 423 g/mol. The second kappa shape index (κ2) is 8.89. The first-order valence-corrected chi connectivity index (χ1v) is 11.3. The molecule has 0 radical (unpaired) electrons. The fourth-order valence-corrected chi connectivity index (χ4v) is 5.30. The summed E-state index contributed by atoms with van der Waals surface area (Å²) in [6.07, 6.45) is 4.20. The SMILES string of the molecule is CN(C)S(=O)(=O)c1ccc(CNC(=O)NCc2ccc(N3CCCC3)nc2)s1. The summed E-state index contributed by atoms with van der Waals surface area (Å²) >= 11 is 1.15. The van der Waals surface area contributed by atoms with Crippen LogP contribution >= 0.6 is 11.3 Å². The van der Waals surface area contributed by atoms with Gasteiger partial charge in [-0.1, -0.05) is 6.07 Å². The number of pyridine rings is 1. The molecule has 10 heteroatoms. The number of carbonyl (C=O) groups excluding carboxylic acids is 1. The van der Waals surface area contributed by atoms with Crippen molar-refractivity contribution >= 4 is 33.2 Å². The molecule has 2 aromatic rings. The quantitative estimate of drug-likeness (QED) is 0.710. The fraction of sp³-hybridized carbons (Fsp3) is 0.444. The van der Waals surface area contributed by atoms with Crippen molar-refractivity contribution in [1.29, 1.82) is 0 Å². The minimum atomic E-state index is -3.44. The zero-order chi connectivity index (χ0) is 20.1. The van der Waals surface area contributed by atoms with Crippen LogP contribution in [0.1, 0.15) is 23.3 Å². The molecule has 8 nitrogen and oxygen atoms in total. The number of nitrogens with zero attached hydrogens (tertiary/aromatic N) is 3. The molecule has 0 aromatic carbocycles. The molecular weight excluding hydrogens is 398 g/mol. The largest absolute Gasteiger partial charge is 0.357 e. The summed E-state index contributed by atoms with van der Waals surface area (Å²) in [6.45, 7) is 2.75. The Bertz CT molecular complexity index is 904. The van der Waals surface area contributed by atoms with Gasteiger partial charge in [0.25, 0.3) is 10.0 Å². The number of hydrogen-bond donors (Lipinski definition) is 2. The van der Waals surface area contributed by atoms with E-state index in [4.69, 9.17) is 0 Å². The van der Waals surface area contributed by atoms with Gasteiger partial charge in [0.2, 0.25) is 0 Å². The third kappa shape index (κ3) is 5.00. The number of urea groups is 1. The normalized spacial score (nSPS) is 14.5. The molecule has 152 valence electrons. The predicted molar refractivity (Wildman–Crippen MR) is 110 cm³/mol. The van der Waals surface area contributed by atoms with Gasteiger partial charge < -0.3 is 15.5 Å². The lowest BCUT2D eigenvalue weighted by atomic mass is 10.3. The number of hydrogen-bond acceptors (Lipinski definition) is 6. The van der Waals surface area contributed by atoms with Crippen LogP contribution in [0.2, 0.25) is 0 Å². The van der Waals surface area contributed by atoms with Gasteiger partial charge in [-0.15, -0.1) is 11.3 Å². The molecule has 0 saturated carbocycles. The van der Waals surface area contributed by atoms with Crippen LogP contribution in [0.4, 0.5) is 10.6 Å². The van der Waals surface area contributed by atoms with Crippen LogP contribution in [0.15, 0.2) is 34.7 Å². The van der Waals surface area contributed by atoms with Crippen LogP contribution < -0.4 is 15.5 Å². The highest BCUT2D eigenvalue weighted by Crippen LogP contribution is 2.23. The number of anilines is 1. The molecule has 3 heterocycles. The highest BCUT2D eigenvalue weighted by molar-refractivity contribution is 7.91. The van der Waals surface area contributed by atoms with E-state index in [1.54, 1.807) is 18.3 Å². The number of carbonyl (C=O) groups is 1. The zero-order valence-electron chi connectivity index (χ0n) is 16.0. The molecule has 0 unspecified atom stereocenters. The van der Waals surface area contributed by atoms with Crippen molar-refractivity contribution in [1.82, 2.24) is 19.9 Å². The van der Waals surface area contributed by atoms with Gasteiger partial charge in [0, 0.05) is 44.8 Å². The van der Waals surface area contributed by atoms with Crippen molar-refractivity contribution in [3.63, 3.8) is 0 Å². The zero-order valence-corrected chi connectivity index (χ0v) is 17.6. The molecule has 1 aliphatic rings. The summed E-state index contributed by atoms with van der Waals surface area (Å²) in [4.78, 5) is 19.5. The van der Waals surface area contributed by atoms with Crippen molar-refractivity contribution in [3.8, 4) is 0 Å². The molecule has 2 amide bonds. The van der Waals surface area contributed by atoms with Gasteiger partial charge >= 0.3 is 6.03 Å². The molecule has 2 aromatic heterocycles. The Morgan fingerprint density at radius 3 is 2.50 bits per heavy atom. The van der Waals surface area contributed by atoms with Gasteiger partial charge in [0.05, 0.1) is 6.54 Å². The first-order valence-electron chi connectivity index (χ1n) is 9.09. The lowest BCUT2D eigenvalue weighted by Gasteiger charge is -2.16. The molecular formula is C18H25N5O3S2. The van der Waals surface area contributed by atoms with E-state index in [9.17, 15) is 13.2 Å². The van der Waals surface area contributed by atoms with Gasteiger partial charge in [-0.3, -0.25) is 0 Å². The second-order valence-electron chi connectivity index (χ2n) is 6.76. The van der Waals surface area contributed by atoms with E-state index in [1.165, 1.54) is 31.2 Å². The van der Waals surface area contributed by atoms with E-state index in [0.29, 0.717) is 6.54 Å². The molecule has 1 fully saturated rings. The number of aromatic nitrogens is 1. The average molecular weight is 424 g/mol. The number of thiophene rings is 1. The molecule has 0 aliphatic carbocycles. The van der Waals surface area contributed by atoms with Gasteiger partial charge in [0.15, 0.2) is 0 Å². The van der Waals surface area contributed by atoms with Gasteiger partial charge in [-0.25, -0.2) is 22.5 Å². The molecule has 1 aliphatic heterocycles. The van der Waals surface area contributed by atoms with Crippen LogP contribution in [0.3, 0.4) is 0 Å². The van der Waals surface area contributed by atoms with Crippen molar-refractivity contribution in [3.05, 3.63) is 40.9 Å². The standard InChI is InChI=1S/C18H25N5O3S2/c1-22(2)28(25,26)17-8-6-15(27-17)13-21-18(24)20-12-14-5-7-16(19-11-14)23-9-3-4-10-23/h5-8,11H,3-4,9-10,12-13H2,1-2H3,(H2,20,21,24). The van der Waals surface area contributed by atoms with Crippen molar-refractivity contribution < 1.29 is 13.2 Å². The Hall–Kier alpha value is -2.17. The molecule has 0 spiro atoms. The van der Waals surface area contributed by atoms with Crippen molar-refractivity contribution in [2.24, 2.45) is 0 Å². The number of sulfonamides is 1. The Morgan fingerprint density at radius 2 is 1.86 bits per heavy atom. The summed E-state index contributed by atoms with van der Waals surface area (Å²) in [5.74, 6) is 0.979. The van der Waals surface area contributed by atoms with Gasteiger partial charge in [0.1, 0.15) is 10.0 Å². The first-order chi connectivity index (χ1) is 13.4. The molecule has 3 rings (SSSR count). The first kappa shape index (κ1) is 20.6. The van der Waals surface area contributed by atoms with Gasteiger partial charge in [-0.05, 0) is 36.6 Å². The second-order valence-corrected chi connectivity index (χ2v) is 10.3. The third-order valence-electron chi connectivity index (χ3n) is 4.49. The van der Waals surface area contributed by atoms with Crippen LogP contribution in [0.25, 0.3) is 0 Å². The number of amides is 2. The summed E-state index contributed by atoms with van der Waals surface area (Å²) in [5, 5.41) is 5.53. The van der Waals surface area contributed by atoms with Crippen molar-refractivity contribution in [2.45, 2.75) is 30.1 Å². The topological polar surface area (TPSA) is 94.6 Å². The van der Waals surface area contributed by atoms with Crippen LogP contribution in [0.5, 0.6) is 0 Å². The van der Waals surface area contributed by atoms with E-state index in [1.807, 2.05) is 12.1 Å². The lowest BCUT2D eigenvalue weighted by molar-refractivity contribution is 0.240. The minimum absolute atomic E-state index is 0.263. The van der Waals surface area contributed by atoms with Crippen LogP contribution in [-0.4, -0.2) is 50.9 Å². The number of nitrogens with one attached hydrogen (secondary N) is 2. The average Bonchev–Trinajstić information content (AvgIpc) is 3.37. The van der Waals surface area contributed by atoms with Crippen molar-refractivity contribution in [2.75, 3.05) is 32.1 Å². The summed E-state index contributed by atoms with van der Waals surface area (Å²) in [7, 11) is -0.452. The van der Waals surface area contributed by atoms with Gasteiger partial charge in [-0.2, -0.15) is 0 Å². The predicted octanol–water partition coefficient (Wildman–Crippen LogP) is 1.99. The molecule has 0 atom stereocenters. The maximum absolute atomic E-state index is 12.1. The summed E-state index contributed by atoms with van der Waals surface area (Å²) < 4.78 is 25.6. The Kier molecular flexibility index (Phi) is 6.53. The number of rotatable bonds is 7. The van der Waals surface area contributed by atoms with E-state index in [2.05, 4.69) is 20.5 Å². The fourth-order valence-electron chi connectivity index (χ4n) is 2.84. The highest BCUT2D eigenvalue weighted by atomic mass is 32.2. The smallest absolute Gasteiger partial charge is 0.315 e. The molecule has 0 bridgehead atoms. The van der Waals surface area contributed by atoms with Crippen LogP contribution in [-0.2, 0) is 23.1 Å². The molecule has 28 heavy (non-hydrogen) atoms. The highest BCUT2D eigenvalue weighted by Gasteiger charge is 2.19. The molecule has 2 N–H and O–H groups in total.